The topological polar surface area (TPSA) is 99.4 Å². The molecule has 2 aromatic heterocycles. The Kier molecular flexibility index (Phi) is 6.60. The van der Waals surface area contributed by atoms with E-state index in [4.69, 9.17) is 0 Å². The number of nitrogens with zero attached hydrogens (tertiary/aromatic N) is 5. The summed E-state index contributed by atoms with van der Waals surface area (Å²) in [6.07, 6.45) is -3.13. The Morgan fingerprint density at radius 1 is 1.16 bits per heavy atom. The van der Waals surface area contributed by atoms with E-state index in [1.807, 2.05) is 0 Å². The summed E-state index contributed by atoms with van der Waals surface area (Å²) in [6, 6.07) is 3.45. The molecule has 9 nitrogen and oxygen atoms in total. The number of halogens is 7. The molecule has 0 fully saturated rings. The van der Waals surface area contributed by atoms with Crippen molar-refractivity contribution in [1.29, 1.82) is 0 Å². The second kappa shape index (κ2) is 9.16. The van der Waals surface area contributed by atoms with Gasteiger partial charge in [0, 0.05) is 17.6 Å². The molecular weight excluding hydrogens is 557 g/mol. The van der Waals surface area contributed by atoms with E-state index in [2.05, 4.69) is 15.4 Å². The number of carbonyl (C=O) groups is 1. The van der Waals surface area contributed by atoms with Crippen molar-refractivity contribution in [2.24, 2.45) is 5.10 Å². The highest BCUT2D eigenvalue weighted by atomic mass is 32.2. The van der Waals surface area contributed by atoms with E-state index in [0.717, 1.165) is 26.8 Å². The maximum absolute atomic E-state index is 14.7. The normalized spacial score (nSPS) is 15.0. The van der Waals surface area contributed by atoms with E-state index in [1.54, 1.807) is 6.92 Å². The fourth-order valence-corrected chi connectivity index (χ4v) is 5.01. The van der Waals surface area contributed by atoms with Gasteiger partial charge >= 0.3 is 21.7 Å². The molecule has 0 spiro atoms. The van der Waals surface area contributed by atoms with E-state index in [-0.39, 0.29) is 27.1 Å². The molecule has 0 saturated carbocycles. The van der Waals surface area contributed by atoms with Crippen molar-refractivity contribution in [3.8, 4) is 0 Å². The second-order valence-corrected chi connectivity index (χ2v) is 10.8. The van der Waals surface area contributed by atoms with Gasteiger partial charge in [-0.05, 0) is 24.6 Å². The first-order valence-corrected chi connectivity index (χ1v) is 12.4. The fourth-order valence-electron chi connectivity index (χ4n) is 3.43. The minimum atomic E-state index is -5.63. The number of rotatable bonds is 5. The summed E-state index contributed by atoms with van der Waals surface area (Å²) >= 11 is 0.969. The molecule has 0 radical (unpaired) electrons. The molecule has 200 valence electrons. The van der Waals surface area contributed by atoms with Crippen LogP contribution in [0.15, 0.2) is 29.5 Å². The fraction of sp³-hybridized carbons (Fsp3) is 0.316. The number of sulfonamides is 1. The van der Waals surface area contributed by atoms with Gasteiger partial charge in [0.15, 0.2) is 10.7 Å². The number of imidazole rings is 1. The molecular formula is C19H15F7N6O3S2. The number of aromatic nitrogens is 2. The third-order valence-corrected chi connectivity index (χ3v) is 7.50. The summed E-state index contributed by atoms with van der Waals surface area (Å²) in [5.74, 6) is -2.00. The van der Waals surface area contributed by atoms with Crippen LogP contribution in [0.5, 0.6) is 0 Å². The minimum absolute atomic E-state index is 0.0110. The predicted octanol–water partition coefficient (Wildman–Crippen LogP) is 3.71. The van der Waals surface area contributed by atoms with Gasteiger partial charge < -0.3 is 5.32 Å². The first-order chi connectivity index (χ1) is 17.1. The molecule has 0 saturated heterocycles. The number of hydrogen-bond donors (Lipinski definition) is 1. The number of fused-ring (bicyclic) bond motifs is 1. The highest BCUT2D eigenvalue weighted by Crippen LogP contribution is 2.34. The third-order valence-electron chi connectivity index (χ3n) is 5.12. The van der Waals surface area contributed by atoms with Crippen LogP contribution in [0, 0.1) is 12.7 Å². The first-order valence-electron chi connectivity index (χ1n) is 10.1. The maximum Gasteiger partial charge on any atom is 0.516 e. The molecule has 4 rings (SSSR count). The molecule has 37 heavy (non-hydrogen) atoms. The van der Waals surface area contributed by atoms with Crippen LogP contribution < -0.4 is 10.3 Å². The summed E-state index contributed by atoms with van der Waals surface area (Å²) in [5.41, 5.74) is -7.63. The van der Waals surface area contributed by atoms with Gasteiger partial charge in [0.2, 0.25) is 0 Å². The molecule has 3 aromatic rings. The number of alkyl halides is 6. The van der Waals surface area contributed by atoms with Crippen molar-refractivity contribution in [2.75, 3.05) is 18.1 Å². The summed E-state index contributed by atoms with van der Waals surface area (Å²) < 4.78 is 117. The van der Waals surface area contributed by atoms with Crippen LogP contribution in [-0.2, 0) is 22.7 Å². The number of benzene rings is 1. The number of hydrazone groups is 1. The van der Waals surface area contributed by atoms with Crippen LogP contribution in [-0.4, -0.2) is 53.0 Å². The van der Waals surface area contributed by atoms with Crippen LogP contribution in [0.25, 0.3) is 4.96 Å². The van der Waals surface area contributed by atoms with Crippen LogP contribution in [0.4, 0.5) is 36.4 Å². The average molecular weight is 572 g/mol. The first kappa shape index (κ1) is 26.6. The molecule has 1 aliphatic rings. The zero-order chi connectivity index (χ0) is 27.3. The molecule has 0 unspecified atom stereocenters. The van der Waals surface area contributed by atoms with E-state index >= 15 is 0 Å². The van der Waals surface area contributed by atoms with Crippen LogP contribution in [0.3, 0.4) is 0 Å². The van der Waals surface area contributed by atoms with Gasteiger partial charge in [-0.15, -0.1) is 11.3 Å². The summed E-state index contributed by atoms with van der Waals surface area (Å²) in [5, 5.41) is 6.79. The lowest BCUT2D eigenvalue weighted by Crippen LogP contribution is -2.46. The van der Waals surface area contributed by atoms with E-state index in [9.17, 15) is 43.9 Å². The third kappa shape index (κ3) is 5.07. The molecule has 1 amide bonds. The van der Waals surface area contributed by atoms with Crippen molar-refractivity contribution >= 4 is 44.3 Å². The van der Waals surface area contributed by atoms with Crippen LogP contribution in [0.1, 0.15) is 26.6 Å². The van der Waals surface area contributed by atoms with Crippen molar-refractivity contribution in [3.63, 3.8) is 0 Å². The number of amides is 1. The number of aryl methyl sites for hydroxylation is 1. The minimum Gasteiger partial charge on any atom is -0.347 e. The highest BCUT2D eigenvalue weighted by molar-refractivity contribution is 7.90. The van der Waals surface area contributed by atoms with Gasteiger partial charge in [-0.1, -0.05) is 6.07 Å². The number of thiazole rings is 1. The lowest BCUT2D eigenvalue weighted by molar-refractivity contribution is -0.141. The van der Waals surface area contributed by atoms with Gasteiger partial charge in [0.1, 0.15) is 17.8 Å². The van der Waals surface area contributed by atoms with E-state index in [1.165, 1.54) is 18.3 Å². The van der Waals surface area contributed by atoms with Crippen LogP contribution >= 0.6 is 11.3 Å². The molecule has 1 N–H and O–H groups in total. The van der Waals surface area contributed by atoms with Gasteiger partial charge in [0.25, 0.3) is 5.91 Å². The highest BCUT2D eigenvalue weighted by Gasteiger charge is 2.50. The quantitative estimate of drug-likeness (QED) is 0.470. The van der Waals surface area contributed by atoms with E-state index in [0.29, 0.717) is 11.2 Å². The largest absolute Gasteiger partial charge is 0.516 e. The average Bonchev–Trinajstić information content (AvgIpc) is 3.33. The number of carbonyl (C=O) groups excluding carboxylic acids is 1. The smallest absolute Gasteiger partial charge is 0.347 e. The molecule has 1 aliphatic heterocycles. The summed E-state index contributed by atoms with van der Waals surface area (Å²) in [6.45, 7) is 0.241. The van der Waals surface area contributed by atoms with Crippen molar-refractivity contribution in [3.05, 3.63) is 52.0 Å². The Morgan fingerprint density at radius 3 is 2.43 bits per heavy atom. The molecule has 0 atom stereocenters. The maximum atomic E-state index is 14.7. The Morgan fingerprint density at radius 2 is 1.86 bits per heavy atom. The van der Waals surface area contributed by atoms with Gasteiger partial charge in [-0.3, -0.25) is 14.2 Å². The molecule has 1 aromatic carbocycles. The molecule has 0 aliphatic carbocycles. The van der Waals surface area contributed by atoms with Gasteiger partial charge in [-0.25, -0.2) is 13.7 Å². The zero-order valence-electron chi connectivity index (χ0n) is 18.4. The monoisotopic (exact) mass is 572 g/mol. The Bertz CT molecular complexity index is 1490. The number of anilines is 1. The van der Waals surface area contributed by atoms with E-state index < -0.39 is 57.9 Å². The lowest BCUT2D eigenvalue weighted by Gasteiger charge is -2.29. The summed E-state index contributed by atoms with van der Waals surface area (Å²) in [7, 11) is -5.63. The number of hydrogen-bond acceptors (Lipinski definition) is 7. The standard InChI is InChI=1S/C19H15F7N6O3S2/c1-10-8-31-14(15(18(21,22)23)29-17(31)36-10)16(33)27-7-11-2-3-13(12(20)6-11)32-5-4-30(9-28-32)37(34,35)19(24,25)26/h2-3,6,8-9H,4-5,7H2,1H3,(H,27,33). The Balaban J connectivity index is 1.48. The molecule has 18 heteroatoms. The van der Waals surface area contributed by atoms with Crippen LogP contribution in [0.2, 0.25) is 0 Å². The zero-order valence-corrected chi connectivity index (χ0v) is 20.1. The van der Waals surface area contributed by atoms with Gasteiger partial charge in [0.05, 0.1) is 18.8 Å². The van der Waals surface area contributed by atoms with Gasteiger partial charge in [-0.2, -0.15) is 39.9 Å². The Hall–Kier alpha value is -3.41. The SMILES string of the molecule is Cc1cn2c(C(=O)NCc3ccc(N4CCN(S(=O)(=O)C(F)(F)F)C=N4)c(F)c3)c(C(F)(F)F)nc2s1. The predicted molar refractivity (Wildman–Crippen MR) is 118 cm³/mol. The lowest BCUT2D eigenvalue weighted by atomic mass is 10.2. The Labute approximate surface area is 207 Å². The van der Waals surface area contributed by atoms with Crippen molar-refractivity contribution < 1.29 is 43.9 Å². The van der Waals surface area contributed by atoms with Crippen molar-refractivity contribution in [1.82, 2.24) is 19.0 Å². The molecule has 3 heterocycles. The number of nitrogens with one attached hydrogen (secondary N) is 1. The molecule has 0 bridgehead atoms. The second-order valence-electron chi connectivity index (χ2n) is 7.69. The van der Waals surface area contributed by atoms with Crippen molar-refractivity contribution in [2.45, 2.75) is 25.2 Å². The summed E-state index contributed by atoms with van der Waals surface area (Å²) in [4.78, 5) is 16.7.